The number of carbonyl (C=O) groups excluding carboxylic acids is 1. The quantitative estimate of drug-likeness (QED) is 0.424. The Morgan fingerprint density at radius 3 is 2.14 bits per heavy atom. The van der Waals surface area contributed by atoms with Gasteiger partial charge >= 0.3 is 0 Å². The number of carboxylic acid groups (broad SMARTS) is 1. The average molecular weight is 307 g/mol. The minimum atomic E-state index is -0.938. The van der Waals surface area contributed by atoms with E-state index < -0.39 is 11.2 Å². The molecular weight excluding hydrogens is 280 g/mol. The van der Waals surface area contributed by atoms with Gasteiger partial charge in [0.1, 0.15) is 0 Å². The van der Waals surface area contributed by atoms with Gasteiger partial charge in [-0.3, -0.25) is 0 Å². The lowest BCUT2D eigenvalue weighted by Crippen LogP contribution is -2.33. The third-order valence-electron chi connectivity index (χ3n) is 3.60. The third-order valence-corrected chi connectivity index (χ3v) is 4.86. The Balaban J connectivity index is 2.16. The molecular formula is C18H27O2S-. The van der Waals surface area contributed by atoms with Crippen LogP contribution in [-0.4, -0.2) is 11.2 Å². The van der Waals surface area contributed by atoms with Gasteiger partial charge in [0.2, 0.25) is 0 Å². The van der Waals surface area contributed by atoms with E-state index in [9.17, 15) is 9.90 Å². The van der Waals surface area contributed by atoms with Crippen molar-refractivity contribution in [3.63, 3.8) is 0 Å². The van der Waals surface area contributed by atoms with Crippen molar-refractivity contribution in [1.82, 2.24) is 0 Å². The molecule has 1 aromatic rings. The van der Waals surface area contributed by atoms with E-state index in [0.29, 0.717) is 6.42 Å². The smallest absolute Gasteiger partial charge is 0.0548 e. The maximum Gasteiger partial charge on any atom is 0.0548 e. The van der Waals surface area contributed by atoms with Crippen molar-refractivity contribution in [3.8, 4) is 0 Å². The molecule has 0 aliphatic rings. The first-order valence-electron chi connectivity index (χ1n) is 8.16. The van der Waals surface area contributed by atoms with E-state index in [1.807, 2.05) is 30.3 Å². The van der Waals surface area contributed by atoms with Crippen LogP contribution in [0.4, 0.5) is 0 Å². The van der Waals surface area contributed by atoms with Crippen LogP contribution >= 0.6 is 11.8 Å². The molecule has 0 heterocycles. The first kappa shape index (κ1) is 18.1. The topological polar surface area (TPSA) is 40.1 Å². The number of aliphatic carboxylic acids is 1. The highest BCUT2D eigenvalue weighted by Crippen LogP contribution is 2.26. The summed E-state index contributed by atoms with van der Waals surface area (Å²) in [5.74, 6) is -0.938. The maximum atomic E-state index is 11.2. The summed E-state index contributed by atoms with van der Waals surface area (Å²) in [6.07, 6.45) is 10.6. The number of carboxylic acids is 1. The summed E-state index contributed by atoms with van der Waals surface area (Å²) < 4.78 is 0. The SMILES string of the molecule is CCCCCCCCCCC(Sc1ccccc1)C(=O)[O-]. The molecule has 1 rings (SSSR count). The summed E-state index contributed by atoms with van der Waals surface area (Å²) in [5, 5.41) is 10.8. The highest BCUT2D eigenvalue weighted by Gasteiger charge is 2.11. The van der Waals surface area contributed by atoms with Crippen LogP contribution in [0.25, 0.3) is 0 Å². The molecule has 0 aliphatic heterocycles. The standard InChI is InChI=1S/C18H28O2S/c1-2-3-4-5-6-7-8-12-15-17(18(19)20)21-16-13-10-9-11-14-16/h9-11,13-14,17H,2-8,12,15H2,1H3,(H,19,20)/p-1. The first-order valence-corrected chi connectivity index (χ1v) is 9.04. The van der Waals surface area contributed by atoms with Crippen molar-refractivity contribution >= 4 is 17.7 Å². The average Bonchev–Trinajstić information content (AvgIpc) is 2.49. The minimum absolute atomic E-state index is 0.424. The van der Waals surface area contributed by atoms with Crippen molar-refractivity contribution in [3.05, 3.63) is 30.3 Å². The van der Waals surface area contributed by atoms with Crippen LogP contribution in [0.2, 0.25) is 0 Å². The summed E-state index contributed by atoms with van der Waals surface area (Å²) in [6.45, 7) is 2.23. The van der Waals surface area contributed by atoms with E-state index in [-0.39, 0.29) is 0 Å². The lowest BCUT2D eigenvalue weighted by molar-refractivity contribution is -0.304. The number of hydrogen-bond donors (Lipinski definition) is 0. The second-order valence-corrected chi connectivity index (χ2v) is 6.78. The normalized spacial score (nSPS) is 12.2. The molecule has 0 spiro atoms. The van der Waals surface area contributed by atoms with Gasteiger partial charge in [-0.15, -0.1) is 11.8 Å². The van der Waals surface area contributed by atoms with Gasteiger partial charge in [0.25, 0.3) is 0 Å². The van der Waals surface area contributed by atoms with Crippen LogP contribution in [-0.2, 0) is 4.79 Å². The van der Waals surface area contributed by atoms with Gasteiger partial charge in [0, 0.05) is 10.1 Å². The molecule has 0 amide bonds. The van der Waals surface area contributed by atoms with Crippen LogP contribution in [0, 0.1) is 0 Å². The first-order chi connectivity index (χ1) is 10.2. The largest absolute Gasteiger partial charge is 0.549 e. The fourth-order valence-corrected chi connectivity index (χ4v) is 3.38. The molecule has 0 N–H and O–H groups in total. The van der Waals surface area contributed by atoms with Crippen molar-refractivity contribution in [2.24, 2.45) is 0 Å². The Kier molecular flexibility index (Phi) is 10.1. The molecule has 0 radical (unpaired) electrons. The van der Waals surface area contributed by atoms with Gasteiger partial charge in [-0.05, 0) is 18.6 Å². The zero-order valence-corrected chi connectivity index (χ0v) is 13.9. The Morgan fingerprint density at radius 1 is 1.00 bits per heavy atom. The van der Waals surface area contributed by atoms with E-state index in [4.69, 9.17) is 0 Å². The molecule has 118 valence electrons. The van der Waals surface area contributed by atoms with Crippen molar-refractivity contribution < 1.29 is 9.90 Å². The van der Waals surface area contributed by atoms with E-state index >= 15 is 0 Å². The van der Waals surface area contributed by atoms with Gasteiger partial charge in [-0.25, -0.2) is 0 Å². The van der Waals surface area contributed by atoms with E-state index in [1.54, 1.807) is 0 Å². The summed E-state index contributed by atoms with van der Waals surface area (Å²) in [4.78, 5) is 12.2. The zero-order valence-electron chi connectivity index (χ0n) is 13.1. The molecule has 2 nitrogen and oxygen atoms in total. The van der Waals surface area contributed by atoms with Gasteiger partial charge in [-0.2, -0.15) is 0 Å². The molecule has 0 saturated heterocycles. The molecule has 1 aromatic carbocycles. The molecule has 21 heavy (non-hydrogen) atoms. The summed E-state index contributed by atoms with van der Waals surface area (Å²) >= 11 is 1.41. The molecule has 0 saturated carbocycles. The number of benzene rings is 1. The Morgan fingerprint density at radius 2 is 1.57 bits per heavy atom. The number of thioether (sulfide) groups is 1. The zero-order chi connectivity index (χ0) is 15.3. The lowest BCUT2D eigenvalue weighted by atomic mass is 10.1. The number of unbranched alkanes of at least 4 members (excludes halogenated alkanes) is 7. The van der Waals surface area contributed by atoms with Crippen LogP contribution in [0.15, 0.2) is 35.2 Å². The van der Waals surface area contributed by atoms with Gasteiger partial charge in [0.15, 0.2) is 0 Å². The van der Waals surface area contributed by atoms with Crippen molar-refractivity contribution in [2.75, 3.05) is 0 Å². The molecule has 1 unspecified atom stereocenters. The number of hydrogen-bond acceptors (Lipinski definition) is 3. The van der Waals surface area contributed by atoms with Crippen LogP contribution in [0.5, 0.6) is 0 Å². The van der Waals surface area contributed by atoms with Crippen molar-refractivity contribution in [2.45, 2.75) is 74.9 Å². The fraction of sp³-hybridized carbons (Fsp3) is 0.611. The number of rotatable bonds is 12. The lowest BCUT2D eigenvalue weighted by Gasteiger charge is -2.17. The molecule has 0 bridgehead atoms. The molecule has 0 aromatic heterocycles. The maximum absolute atomic E-state index is 11.2. The number of carbonyl (C=O) groups is 1. The molecule has 0 aliphatic carbocycles. The fourth-order valence-electron chi connectivity index (χ4n) is 2.35. The Hall–Kier alpha value is -0.960. The Bertz CT molecular complexity index is 378. The Labute approximate surface area is 133 Å². The van der Waals surface area contributed by atoms with E-state index in [1.165, 1.54) is 50.3 Å². The second-order valence-electron chi connectivity index (χ2n) is 5.50. The third kappa shape index (κ3) is 8.82. The van der Waals surface area contributed by atoms with E-state index in [0.717, 1.165) is 17.7 Å². The molecule has 0 fully saturated rings. The van der Waals surface area contributed by atoms with Gasteiger partial charge in [0.05, 0.1) is 5.97 Å². The highest BCUT2D eigenvalue weighted by atomic mass is 32.2. The molecule has 1 atom stereocenters. The van der Waals surface area contributed by atoms with Crippen molar-refractivity contribution in [1.29, 1.82) is 0 Å². The summed E-state index contributed by atoms with van der Waals surface area (Å²) in [5.41, 5.74) is 0. The molecule has 3 heteroatoms. The second kappa shape index (κ2) is 11.7. The highest BCUT2D eigenvalue weighted by molar-refractivity contribution is 8.00. The van der Waals surface area contributed by atoms with Crippen LogP contribution < -0.4 is 5.11 Å². The summed E-state index contributed by atoms with van der Waals surface area (Å²) in [7, 11) is 0. The van der Waals surface area contributed by atoms with Crippen LogP contribution in [0.1, 0.15) is 64.7 Å². The summed E-state index contributed by atoms with van der Waals surface area (Å²) in [6, 6.07) is 9.72. The predicted molar refractivity (Wildman–Crippen MR) is 88.3 cm³/mol. The van der Waals surface area contributed by atoms with Gasteiger partial charge in [-0.1, -0.05) is 76.5 Å². The van der Waals surface area contributed by atoms with Gasteiger partial charge < -0.3 is 9.90 Å². The van der Waals surface area contributed by atoms with E-state index in [2.05, 4.69) is 6.92 Å². The minimum Gasteiger partial charge on any atom is -0.549 e. The predicted octanol–water partition coefficient (Wildman–Crippen LogP) is 4.43. The van der Waals surface area contributed by atoms with Crippen LogP contribution in [0.3, 0.4) is 0 Å². The monoisotopic (exact) mass is 307 g/mol.